The molecule has 0 aromatic carbocycles. The highest BCUT2D eigenvalue weighted by Gasteiger charge is 2.72. The van der Waals surface area contributed by atoms with Crippen molar-refractivity contribution in [3.8, 4) is 0 Å². The Hall–Kier alpha value is -1.65. The van der Waals surface area contributed by atoms with Crippen LogP contribution in [0.2, 0.25) is 0 Å². The largest absolute Gasteiger partial charge is 0.463 e. The van der Waals surface area contributed by atoms with Crippen LogP contribution in [-0.4, -0.2) is 35.8 Å². The Morgan fingerprint density at radius 3 is 2.39 bits per heavy atom. The maximum atomic E-state index is 11.9. The molecule has 2 fully saturated rings. The lowest BCUT2D eigenvalue weighted by Gasteiger charge is -2.18. The topological polar surface area (TPSA) is 63.7 Å². The molecule has 18 heavy (non-hydrogen) atoms. The molecule has 2 amide bonds. The second-order valence-electron chi connectivity index (χ2n) is 5.22. The Labute approximate surface area is 106 Å². The van der Waals surface area contributed by atoms with E-state index >= 15 is 0 Å². The van der Waals surface area contributed by atoms with Gasteiger partial charge in [-0.3, -0.25) is 14.5 Å². The first-order valence-corrected chi connectivity index (χ1v) is 6.09. The van der Waals surface area contributed by atoms with Gasteiger partial charge in [0.1, 0.15) is 0 Å². The summed E-state index contributed by atoms with van der Waals surface area (Å²) in [5.41, 5.74) is -0.185. The molecule has 0 aromatic heterocycles. The number of nitrogens with zero attached hydrogens (tertiary/aromatic N) is 1. The smallest absolute Gasteiger partial charge is 0.330 e. The van der Waals surface area contributed by atoms with Crippen LogP contribution in [0.4, 0.5) is 0 Å². The van der Waals surface area contributed by atoms with Gasteiger partial charge in [0.05, 0.1) is 18.4 Å². The van der Waals surface area contributed by atoms with Crippen molar-refractivity contribution in [2.24, 2.45) is 17.3 Å². The van der Waals surface area contributed by atoms with Crippen LogP contribution in [-0.2, 0) is 19.1 Å². The van der Waals surface area contributed by atoms with Crippen molar-refractivity contribution < 1.29 is 19.1 Å². The third kappa shape index (κ3) is 1.83. The van der Waals surface area contributed by atoms with Gasteiger partial charge in [-0.15, -0.1) is 0 Å². The predicted octanol–water partition coefficient (Wildman–Crippen LogP) is 0.747. The molecule has 0 spiro atoms. The van der Waals surface area contributed by atoms with Gasteiger partial charge in [-0.25, -0.2) is 4.79 Å². The molecule has 2 atom stereocenters. The number of esters is 1. The number of ether oxygens (including phenoxy) is 1. The average molecular weight is 251 g/mol. The number of carbonyl (C=O) groups excluding carboxylic acids is 3. The molecule has 0 aromatic rings. The van der Waals surface area contributed by atoms with Crippen molar-refractivity contribution in [2.45, 2.75) is 20.8 Å². The molecule has 1 saturated heterocycles. The molecular weight excluding hydrogens is 234 g/mol. The van der Waals surface area contributed by atoms with Gasteiger partial charge >= 0.3 is 5.97 Å². The minimum Gasteiger partial charge on any atom is -0.463 e. The van der Waals surface area contributed by atoms with Crippen molar-refractivity contribution in [2.75, 3.05) is 13.2 Å². The van der Waals surface area contributed by atoms with Crippen LogP contribution in [0.15, 0.2) is 12.2 Å². The van der Waals surface area contributed by atoms with E-state index in [2.05, 4.69) is 0 Å². The van der Waals surface area contributed by atoms with Gasteiger partial charge in [0.15, 0.2) is 0 Å². The minimum atomic E-state index is -0.456. The Morgan fingerprint density at radius 2 is 1.89 bits per heavy atom. The first-order chi connectivity index (χ1) is 8.41. The van der Waals surface area contributed by atoms with Gasteiger partial charge in [-0.1, -0.05) is 19.9 Å². The number of likely N-dealkylation sites (tertiary alicyclic amines) is 1. The fourth-order valence-electron chi connectivity index (χ4n) is 2.63. The van der Waals surface area contributed by atoms with Gasteiger partial charge in [-0.05, 0) is 12.3 Å². The number of rotatable bonds is 4. The Morgan fingerprint density at radius 1 is 1.33 bits per heavy atom. The van der Waals surface area contributed by atoms with Gasteiger partial charge in [-0.2, -0.15) is 0 Å². The van der Waals surface area contributed by atoms with Crippen LogP contribution >= 0.6 is 0 Å². The van der Waals surface area contributed by atoms with Crippen molar-refractivity contribution in [1.29, 1.82) is 0 Å². The van der Waals surface area contributed by atoms with Gasteiger partial charge < -0.3 is 4.74 Å². The number of hydrogen-bond donors (Lipinski definition) is 0. The van der Waals surface area contributed by atoms with Crippen LogP contribution < -0.4 is 0 Å². The van der Waals surface area contributed by atoms with E-state index in [4.69, 9.17) is 4.74 Å². The Balaban J connectivity index is 1.92. The summed E-state index contributed by atoms with van der Waals surface area (Å²) in [6, 6.07) is 0. The van der Waals surface area contributed by atoms with Crippen LogP contribution in [0.3, 0.4) is 0 Å². The van der Waals surface area contributed by atoms with E-state index in [-0.39, 0.29) is 35.6 Å². The molecule has 1 aliphatic heterocycles. The molecule has 5 nitrogen and oxygen atoms in total. The van der Waals surface area contributed by atoms with Gasteiger partial charge in [0.2, 0.25) is 11.8 Å². The molecule has 0 radical (unpaired) electrons. The third-order valence-electron chi connectivity index (χ3n) is 3.72. The molecule has 0 bridgehead atoms. The molecule has 98 valence electrons. The first-order valence-electron chi connectivity index (χ1n) is 6.09. The monoisotopic (exact) mass is 251 g/mol. The molecule has 1 saturated carbocycles. The van der Waals surface area contributed by atoms with E-state index in [0.717, 1.165) is 0 Å². The van der Waals surface area contributed by atoms with E-state index in [1.807, 2.05) is 13.8 Å². The molecule has 0 N–H and O–H groups in total. The van der Waals surface area contributed by atoms with Crippen LogP contribution in [0.5, 0.6) is 0 Å². The maximum absolute atomic E-state index is 11.9. The molecule has 5 heteroatoms. The highest BCUT2D eigenvalue weighted by molar-refractivity contribution is 6.10. The number of carbonyl (C=O) groups is 3. The quantitative estimate of drug-likeness (QED) is 0.420. The number of fused-ring (bicyclic) bond motifs is 1. The van der Waals surface area contributed by atoms with Gasteiger partial charge in [0.25, 0.3) is 0 Å². The van der Waals surface area contributed by atoms with Gasteiger partial charge in [0, 0.05) is 12.6 Å². The number of piperidine rings is 1. The summed E-state index contributed by atoms with van der Waals surface area (Å²) in [5, 5.41) is 0. The van der Waals surface area contributed by atoms with Crippen molar-refractivity contribution >= 4 is 17.8 Å². The second-order valence-corrected chi connectivity index (χ2v) is 5.22. The summed E-state index contributed by atoms with van der Waals surface area (Å²) in [6.07, 6.45) is 2.74. The van der Waals surface area contributed by atoms with E-state index in [1.54, 1.807) is 6.92 Å². The van der Waals surface area contributed by atoms with Crippen LogP contribution in [0, 0.1) is 17.3 Å². The van der Waals surface area contributed by atoms with E-state index < -0.39 is 5.97 Å². The molecule has 2 unspecified atom stereocenters. The summed E-state index contributed by atoms with van der Waals surface area (Å²) in [6.45, 7) is 6.05. The normalized spacial score (nSPS) is 28.7. The van der Waals surface area contributed by atoms with E-state index in [0.29, 0.717) is 6.61 Å². The summed E-state index contributed by atoms with van der Waals surface area (Å²) in [7, 11) is 0. The lowest BCUT2D eigenvalue weighted by Crippen LogP contribution is -2.36. The summed E-state index contributed by atoms with van der Waals surface area (Å²) in [5.74, 6) is -1.03. The van der Waals surface area contributed by atoms with Crippen molar-refractivity contribution in [3.05, 3.63) is 12.2 Å². The number of imide groups is 1. The Bertz CT molecular complexity index is 414. The van der Waals surface area contributed by atoms with Crippen LogP contribution in [0.1, 0.15) is 20.8 Å². The molecule has 1 aliphatic carbocycles. The summed E-state index contributed by atoms with van der Waals surface area (Å²) < 4.78 is 4.71. The first kappa shape index (κ1) is 12.8. The molecule has 2 rings (SSSR count). The zero-order valence-corrected chi connectivity index (χ0v) is 10.8. The number of amides is 2. The molecular formula is C13H17NO4. The summed E-state index contributed by atoms with van der Waals surface area (Å²) >= 11 is 0. The fourth-order valence-corrected chi connectivity index (χ4v) is 2.63. The highest BCUT2D eigenvalue weighted by Crippen LogP contribution is 2.63. The maximum Gasteiger partial charge on any atom is 0.330 e. The Kier molecular flexibility index (Phi) is 3.00. The minimum absolute atomic E-state index is 0.122. The fraction of sp³-hybridized carbons (Fsp3) is 0.615. The zero-order chi connectivity index (χ0) is 13.5. The van der Waals surface area contributed by atoms with Crippen molar-refractivity contribution in [3.63, 3.8) is 0 Å². The molecule has 2 aliphatic rings. The van der Waals surface area contributed by atoms with E-state index in [1.165, 1.54) is 17.1 Å². The van der Waals surface area contributed by atoms with Crippen molar-refractivity contribution in [1.82, 2.24) is 4.90 Å². The molecule has 1 heterocycles. The lowest BCUT2D eigenvalue weighted by atomic mass is 10.1. The van der Waals surface area contributed by atoms with Crippen LogP contribution in [0.25, 0.3) is 0 Å². The second kappa shape index (κ2) is 4.23. The zero-order valence-electron chi connectivity index (χ0n) is 10.8. The SMILES string of the molecule is CCOC(=O)/C=C/CN1C(=O)C2C(C1=O)C2(C)C. The number of hydrogen-bond acceptors (Lipinski definition) is 4. The summed E-state index contributed by atoms with van der Waals surface area (Å²) in [4.78, 5) is 36.1. The highest BCUT2D eigenvalue weighted by atomic mass is 16.5. The standard InChI is InChI=1S/C13H17NO4/c1-4-18-8(15)6-5-7-14-11(16)9-10(12(14)17)13(9,2)3/h5-6,9-10H,4,7H2,1-3H3/b6-5+. The van der Waals surface area contributed by atoms with E-state index in [9.17, 15) is 14.4 Å². The lowest BCUT2D eigenvalue weighted by molar-refractivity contribution is -0.142. The predicted molar refractivity (Wildman–Crippen MR) is 63.3 cm³/mol. The average Bonchev–Trinajstić information content (AvgIpc) is 2.75. The third-order valence-corrected chi connectivity index (χ3v) is 3.72.